The second kappa shape index (κ2) is 6.84. The number of halogens is 1. The van der Waals surface area contributed by atoms with Crippen molar-refractivity contribution >= 4 is 5.91 Å². The lowest BCUT2D eigenvalue weighted by Crippen LogP contribution is -2.38. The lowest BCUT2D eigenvalue weighted by atomic mass is 9.71. The molecule has 1 aliphatic rings. The Bertz CT molecular complexity index is 456. The van der Waals surface area contributed by atoms with E-state index >= 15 is 0 Å². The first kappa shape index (κ1) is 15.0. The Balaban J connectivity index is 1.87. The fourth-order valence-electron chi connectivity index (χ4n) is 2.99. The molecule has 1 amide bonds. The summed E-state index contributed by atoms with van der Waals surface area (Å²) in [6.07, 6.45) is 6.04. The van der Waals surface area contributed by atoms with Gasteiger partial charge in [0.15, 0.2) is 0 Å². The Labute approximate surface area is 119 Å². The third-order valence-electron chi connectivity index (χ3n) is 4.32. The molecule has 20 heavy (non-hydrogen) atoms. The molecule has 1 aromatic carbocycles. The zero-order chi connectivity index (χ0) is 14.4. The standard InChI is InChI=1S/C16H23FN2O/c17-14-7-3-2-6-13(14)11-19-15(20)10-16(12-18)8-4-1-5-9-16/h2-3,6-7H,1,4-5,8-12,18H2,(H,19,20). The van der Waals surface area contributed by atoms with Crippen molar-refractivity contribution in [1.82, 2.24) is 5.32 Å². The number of hydrogen-bond acceptors (Lipinski definition) is 2. The van der Waals surface area contributed by atoms with Crippen LogP contribution in [0.4, 0.5) is 4.39 Å². The summed E-state index contributed by atoms with van der Waals surface area (Å²) in [5.41, 5.74) is 6.35. The fourth-order valence-corrected chi connectivity index (χ4v) is 2.99. The summed E-state index contributed by atoms with van der Waals surface area (Å²) in [7, 11) is 0. The van der Waals surface area contributed by atoms with Crippen LogP contribution in [0.3, 0.4) is 0 Å². The summed E-state index contributed by atoms with van der Waals surface area (Å²) < 4.78 is 13.5. The van der Waals surface area contributed by atoms with Gasteiger partial charge in [-0.1, -0.05) is 37.5 Å². The highest BCUT2D eigenvalue weighted by atomic mass is 19.1. The van der Waals surface area contributed by atoms with Gasteiger partial charge in [-0.3, -0.25) is 4.79 Å². The molecule has 0 bridgehead atoms. The number of carbonyl (C=O) groups excluding carboxylic acids is 1. The van der Waals surface area contributed by atoms with Crippen LogP contribution in [0.2, 0.25) is 0 Å². The van der Waals surface area contributed by atoms with E-state index in [1.165, 1.54) is 12.5 Å². The molecule has 2 rings (SSSR count). The molecule has 0 aromatic heterocycles. The molecular weight excluding hydrogens is 255 g/mol. The summed E-state index contributed by atoms with van der Waals surface area (Å²) in [6.45, 7) is 0.798. The maximum atomic E-state index is 13.5. The van der Waals surface area contributed by atoms with E-state index in [2.05, 4.69) is 5.32 Å². The molecule has 0 saturated heterocycles. The topological polar surface area (TPSA) is 55.1 Å². The lowest BCUT2D eigenvalue weighted by Gasteiger charge is -2.35. The number of nitrogens with one attached hydrogen (secondary N) is 1. The van der Waals surface area contributed by atoms with Gasteiger partial charge in [0, 0.05) is 18.5 Å². The van der Waals surface area contributed by atoms with Gasteiger partial charge in [0.2, 0.25) is 5.91 Å². The van der Waals surface area contributed by atoms with Gasteiger partial charge in [-0.2, -0.15) is 0 Å². The Morgan fingerprint density at radius 2 is 1.95 bits per heavy atom. The number of benzene rings is 1. The molecule has 0 atom stereocenters. The Morgan fingerprint density at radius 3 is 2.60 bits per heavy atom. The van der Waals surface area contributed by atoms with E-state index in [4.69, 9.17) is 5.73 Å². The van der Waals surface area contributed by atoms with Gasteiger partial charge in [-0.05, 0) is 30.9 Å². The third-order valence-corrected chi connectivity index (χ3v) is 4.32. The highest BCUT2D eigenvalue weighted by Crippen LogP contribution is 2.38. The molecule has 4 heteroatoms. The number of hydrogen-bond donors (Lipinski definition) is 2. The second-order valence-electron chi connectivity index (χ2n) is 5.81. The SMILES string of the molecule is NCC1(CC(=O)NCc2ccccc2F)CCCCC1. The van der Waals surface area contributed by atoms with Gasteiger partial charge in [-0.25, -0.2) is 4.39 Å². The molecule has 0 radical (unpaired) electrons. The summed E-state index contributed by atoms with van der Waals surface area (Å²) in [5, 5.41) is 2.81. The molecule has 3 nitrogen and oxygen atoms in total. The normalized spacial score (nSPS) is 17.7. The van der Waals surface area contributed by atoms with Crippen LogP contribution in [0, 0.1) is 11.2 Å². The van der Waals surface area contributed by atoms with E-state index in [-0.39, 0.29) is 23.7 Å². The van der Waals surface area contributed by atoms with Crippen molar-refractivity contribution in [2.24, 2.45) is 11.1 Å². The minimum absolute atomic E-state index is 0.0272. The number of rotatable bonds is 5. The molecule has 0 aliphatic heterocycles. The molecule has 1 fully saturated rings. The van der Waals surface area contributed by atoms with Crippen LogP contribution >= 0.6 is 0 Å². The number of nitrogens with two attached hydrogens (primary N) is 1. The van der Waals surface area contributed by atoms with Crippen LogP contribution in [-0.4, -0.2) is 12.5 Å². The van der Waals surface area contributed by atoms with Gasteiger partial charge in [-0.15, -0.1) is 0 Å². The van der Waals surface area contributed by atoms with Crippen molar-refractivity contribution < 1.29 is 9.18 Å². The molecule has 0 spiro atoms. The minimum atomic E-state index is -0.279. The third kappa shape index (κ3) is 3.79. The van der Waals surface area contributed by atoms with Gasteiger partial charge in [0.25, 0.3) is 0 Å². The molecular formula is C16H23FN2O. The first-order chi connectivity index (χ1) is 9.65. The van der Waals surface area contributed by atoms with Crippen molar-refractivity contribution in [2.45, 2.75) is 45.1 Å². The first-order valence-corrected chi connectivity index (χ1v) is 7.35. The van der Waals surface area contributed by atoms with Crippen LogP contribution in [0.15, 0.2) is 24.3 Å². The van der Waals surface area contributed by atoms with E-state index in [1.54, 1.807) is 18.2 Å². The molecule has 110 valence electrons. The summed E-state index contributed by atoms with van der Waals surface area (Å²) in [4.78, 5) is 12.1. The van der Waals surface area contributed by atoms with Crippen molar-refractivity contribution in [3.63, 3.8) is 0 Å². The quantitative estimate of drug-likeness (QED) is 0.870. The van der Waals surface area contributed by atoms with Crippen molar-refractivity contribution in [1.29, 1.82) is 0 Å². The minimum Gasteiger partial charge on any atom is -0.352 e. The molecule has 1 aliphatic carbocycles. The smallest absolute Gasteiger partial charge is 0.220 e. The molecule has 0 heterocycles. The van der Waals surface area contributed by atoms with Crippen LogP contribution in [-0.2, 0) is 11.3 Å². The van der Waals surface area contributed by atoms with Crippen molar-refractivity contribution in [2.75, 3.05) is 6.54 Å². The van der Waals surface area contributed by atoms with Crippen LogP contribution in [0.1, 0.15) is 44.1 Å². The van der Waals surface area contributed by atoms with E-state index in [0.29, 0.717) is 18.5 Å². The Kier molecular flexibility index (Phi) is 5.12. The largest absolute Gasteiger partial charge is 0.352 e. The Morgan fingerprint density at radius 1 is 1.25 bits per heavy atom. The molecule has 1 saturated carbocycles. The predicted molar refractivity (Wildman–Crippen MR) is 77.4 cm³/mol. The molecule has 1 aromatic rings. The zero-order valence-corrected chi connectivity index (χ0v) is 11.8. The van der Waals surface area contributed by atoms with E-state index in [9.17, 15) is 9.18 Å². The Hall–Kier alpha value is -1.42. The second-order valence-corrected chi connectivity index (χ2v) is 5.81. The maximum absolute atomic E-state index is 13.5. The highest BCUT2D eigenvalue weighted by molar-refractivity contribution is 5.76. The lowest BCUT2D eigenvalue weighted by molar-refractivity contribution is -0.124. The number of amides is 1. The average Bonchev–Trinajstić information content (AvgIpc) is 2.47. The van der Waals surface area contributed by atoms with Crippen molar-refractivity contribution in [3.8, 4) is 0 Å². The van der Waals surface area contributed by atoms with Gasteiger partial charge in [0.1, 0.15) is 5.82 Å². The predicted octanol–water partition coefficient (Wildman–Crippen LogP) is 2.74. The van der Waals surface area contributed by atoms with Crippen molar-refractivity contribution in [3.05, 3.63) is 35.6 Å². The van der Waals surface area contributed by atoms with E-state index < -0.39 is 0 Å². The fraction of sp³-hybridized carbons (Fsp3) is 0.562. The first-order valence-electron chi connectivity index (χ1n) is 7.35. The van der Waals surface area contributed by atoms with Gasteiger partial charge < -0.3 is 11.1 Å². The van der Waals surface area contributed by atoms with Crippen LogP contribution < -0.4 is 11.1 Å². The summed E-state index contributed by atoms with van der Waals surface area (Å²) in [6, 6.07) is 6.51. The zero-order valence-electron chi connectivity index (χ0n) is 11.8. The van der Waals surface area contributed by atoms with Crippen LogP contribution in [0.25, 0.3) is 0 Å². The summed E-state index contributed by atoms with van der Waals surface area (Å²) in [5.74, 6) is -0.306. The maximum Gasteiger partial charge on any atom is 0.220 e. The van der Waals surface area contributed by atoms with E-state index in [1.807, 2.05) is 0 Å². The number of carbonyl (C=O) groups is 1. The van der Waals surface area contributed by atoms with Gasteiger partial charge >= 0.3 is 0 Å². The average molecular weight is 278 g/mol. The van der Waals surface area contributed by atoms with E-state index in [0.717, 1.165) is 25.7 Å². The summed E-state index contributed by atoms with van der Waals surface area (Å²) >= 11 is 0. The molecule has 0 unspecified atom stereocenters. The highest BCUT2D eigenvalue weighted by Gasteiger charge is 2.32. The van der Waals surface area contributed by atoms with Gasteiger partial charge in [0.05, 0.1) is 0 Å². The molecule has 3 N–H and O–H groups in total. The van der Waals surface area contributed by atoms with Crippen LogP contribution in [0.5, 0.6) is 0 Å². The monoisotopic (exact) mass is 278 g/mol.